The third-order valence-corrected chi connectivity index (χ3v) is 4.32. The second kappa shape index (κ2) is 4.26. The van der Waals surface area contributed by atoms with Crippen molar-refractivity contribution < 1.29 is 0 Å². The standard InChI is InChI=1S/C13H19N3S/c1-9-6-5-7-10-11(9)16(12(14)15-10)8-13(2,3)17-4/h5-7H,8H2,1-4H3,(H2,14,15). The van der Waals surface area contributed by atoms with Crippen LogP contribution in [0.5, 0.6) is 0 Å². The van der Waals surface area contributed by atoms with E-state index in [-0.39, 0.29) is 4.75 Å². The first kappa shape index (κ1) is 12.3. The zero-order valence-corrected chi connectivity index (χ0v) is 11.6. The van der Waals surface area contributed by atoms with Crippen molar-refractivity contribution in [2.24, 2.45) is 0 Å². The predicted octanol–water partition coefficient (Wildman–Crippen LogP) is 3.07. The van der Waals surface area contributed by atoms with E-state index in [1.54, 1.807) is 0 Å². The Morgan fingerprint density at radius 2 is 2.12 bits per heavy atom. The molecule has 1 heterocycles. The molecule has 0 saturated heterocycles. The topological polar surface area (TPSA) is 43.8 Å². The molecule has 0 aliphatic rings. The number of hydrogen-bond donors (Lipinski definition) is 1. The van der Waals surface area contributed by atoms with E-state index in [0.717, 1.165) is 17.6 Å². The van der Waals surface area contributed by atoms with E-state index in [4.69, 9.17) is 5.73 Å². The minimum Gasteiger partial charge on any atom is -0.369 e. The first-order valence-corrected chi connectivity index (χ1v) is 6.93. The molecule has 0 aliphatic carbocycles. The maximum atomic E-state index is 6.03. The van der Waals surface area contributed by atoms with Gasteiger partial charge in [-0.15, -0.1) is 0 Å². The van der Waals surface area contributed by atoms with Gasteiger partial charge < -0.3 is 10.3 Å². The van der Waals surface area contributed by atoms with Crippen molar-refractivity contribution >= 4 is 28.7 Å². The number of benzene rings is 1. The van der Waals surface area contributed by atoms with Crippen molar-refractivity contribution in [2.45, 2.75) is 32.1 Å². The Morgan fingerprint density at radius 1 is 1.41 bits per heavy atom. The number of anilines is 1. The Morgan fingerprint density at radius 3 is 2.76 bits per heavy atom. The fourth-order valence-corrected chi connectivity index (χ4v) is 2.25. The van der Waals surface area contributed by atoms with Gasteiger partial charge in [-0.25, -0.2) is 4.98 Å². The number of fused-ring (bicyclic) bond motifs is 1. The van der Waals surface area contributed by atoms with E-state index in [2.05, 4.69) is 42.6 Å². The van der Waals surface area contributed by atoms with Crippen LogP contribution in [0.2, 0.25) is 0 Å². The molecule has 0 unspecified atom stereocenters. The van der Waals surface area contributed by atoms with Gasteiger partial charge in [0.1, 0.15) is 0 Å². The Bertz CT molecular complexity index is 543. The molecule has 92 valence electrons. The SMILES string of the molecule is CSC(C)(C)Cn1c(N)nc2cccc(C)c21. The molecule has 2 rings (SSSR count). The van der Waals surface area contributed by atoms with Crippen molar-refractivity contribution in [1.82, 2.24) is 9.55 Å². The zero-order chi connectivity index (χ0) is 12.6. The molecule has 0 spiro atoms. The number of thioether (sulfide) groups is 1. The van der Waals surface area contributed by atoms with Gasteiger partial charge in [-0.2, -0.15) is 11.8 Å². The smallest absolute Gasteiger partial charge is 0.201 e. The normalized spacial score (nSPS) is 12.2. The van der Waals surface area contributed by atoms with E-state index >= 15 is 0 Å². The summed E-state index contributed by atoms with van der Waals surface area (Å²) in [6.07, 6.45) is 2.13. The van der Waals surface area contributed by atoms with Gasteiger partial charge in [-0.3, -0.25) is 0 Å². The van der Waals surface area contributed by atoms with Crippen LogP contribution < -0.4 is 5.73 Å². The number of imidazole rings is 1. The number of hydrogen-bond acceptors (Lipinski definition) is 3. The maximum absolute atomic E-state index is 6.03. The van der Waals surface area contributed by atoms with Gasteiger partial charge in [0.25, 0.3) is 0 Å². The monoisotopic (exact) mass is 249 g/mol. The van der Waals surface area contributed by atoms with Crippen molar-refractivity contribution in [3.05, 3.63) is 23.8 Å². The molecule has 4 heteroatoms. The van der Waals surface area contributed by atoms with Crippen molar-refractivity contribution in [2.75, 3.05) is 12.0 Å². The molecule has 0 amide bonds. The van der Waals surface area contributed by atoms with Gasteiger partial charge in [0.15, 0.2) is 0 Å². The van der Waals surface area contributed by atoms with Crippen LogP contribution in [-0.2, 0) is 6.54 Å². The molecular formula is C13H19N3S. The van der Waals surface area contributed by atoms with Crippen molar-refractivity contribution in [1.29, 1.82) is 0 Å². The molecule has 0 radical (unpaired) electrons. The number of nitrogen functional groups attached to an aromatic ring is 1. The highest BCUT2D eigenvalue weighted by Crippen LogP contribution is 2.28. The minimum absolute atomic E-state index is 0.157. The number of nitrogens with two attached hydrogens (primary N) is 1. The van der Waals surface area contributed by atoms with Crippen molar-refractivity contribution in [3.63, 3.8) is 0 Å². The van der Waals surface area contributed by atoms with Gasteiger partial charge >= 0.3 is 0 Å². The summed E-state index contributed by atoms with van der Waals surface area (Å²) in [5.41, 5.74) is 9.40. The number of aryl methyl sites for hydroxylation is 1. The largest absolute Gasteiger partial charge is 0.369 e. The second-order valence-electron chi connectivity index (χ2n) is 4.96. The molecule has 3 nitrogen and oxygen atoms in total. The van der Waals surface area contributed by atoms with Crippen LogP contribution in [0.25, 0.3) is 11.0 Å². The van der Waals surface area contributed by atoms with Crippen LogP contribution in [0.4, 0.5) is 5.95 Å². The highest BCUT2D eigenvalue weighted by atomic mass is 32.2. The quantitative estimate of drug-likeness (QED) is 0.909. The molecule has 0 fully saturated rings. The lowest BCUT2D eigenvalue weighted by atomic mass is 10.1. The lowest BCUT2D eigenvalue weighted by Gasteiger charge is -2.23. The van der Waals surface area contributed by atoms with Crippen LogP contribution in [-0.4, -0.2) is 20.6 Å². The van der Waals surface area contributed by atoms with Crippen LogP contribution >= 0.6 is 11.8 Å². The lowest BCUT2D eigenvalue weighted by molar-refractivity contribution is 0.585. The summed E-state index contributed by atoms with van der Waals surface area (Å²) in [5.74, 6) is 0.608. The summed E-state index contributed by atoms with van der Waals surface area (Å²) >= 11 is 1.84. The first-order chi connectivity index (χ1) is 7.94. The summed E-state index contributed by atoms with van der Waals surface area (Å²) in [7, 11) is 0. The second-order valence-corrected chi connectivity index (χ2v) is 6.48. The van der Waals surface area contributed by atoms with Gasteiger partial charge in [-0.1, -0.05) is 12.1 Å². The van der Waals surface area contributed by atoms with Gasteiger partial charge in [-0.05, 0) is 38.7 Å². The Balaban J connectivity index is 2.57. The van der Waals surface area contributed by atoms with Crippen LogP contribution in [0.3, 0.4) is 0 Å². The molecule has 1 aromatic heterocycles. The van der Waals surface area contributed by atoms with Gasteiger partial charge in [0.05, 0.1) is 11.0 Å². The third kappa shape index (κ3) is 2.27. The molecule has 2 aromatic rings. The van der Waals surface area contributed by atoms with E-state index in [1.807, 2.05) is 23.9 Å². The Kier molecular flexibility index (Phi) is 3.08. The van der Waals surface area contributed by atoms with Crippen molar-refractivity contribution in [3.8, 4) is 0 Å². The van der Waals surface area contributed by atoms with Gasteiger partial charge in [0, 0.05) is 11.3 Å². The highest BCUT2D eigenvalue weighted by molar-refractivity contribution is 7.99. The molecule has 0 bridgehead atoms. The fraction of sp³-hybridized carbons (Fsp3) is 0.462. The first-order valence-electron chi connectivity index (χ1n) is 5.71. The average molecular weight is 249 g/mol. The molecule has 17 heavy (non-hydrogen) atoms. The average Bonchev–Trinajstić information content (AvgIpc) is 2.56. The Labute approximate surface area is 106 Å². The molecule has 0 saturated carbocycles. The van der Waals surface area contributed by atoms with E-state index in [0.29, 0.717) is 5.95 Å². The number of rotatable bonds is 3. The molecule has 1 aromatic carbocycles. The molecule has 0 atom stereocenters. The summed E-state index contributed by atoms with van der Waals surface area (Å²) in [5, 5.41) is 0. The zero-order valence-electron chi connectivity index (χ0n) is 10.8. The summed E-state index contributed by atoms with van der Waals surface area (Å²) in [6, 6.07) is 6.14. The molecule has 2 N–H and O–H groups in total. The summed E-state index contributed by atoms with van der Waals surface area (Å²) in [4.78, 5) is 4.42. The lowest BCUT2D eigenvalue weighted by Crippen LogP contribution is -2.23. The number of nitrogens with zero attached hydrogens (tertiary/aromatic N) is 2. The van der Waals surface area contributed by atoms with Crippen LogP contribution in [0, 0.1) is 6.92 Å². The van der Waals surface area contributed by atoms with Crippen LogP contribution in [0.1, 0.15) is 19.4 Å². The molecular weight excluding hydrogens is 230 g/mol. The predicted molar refractivity (Wildman–Crippen MR) is 76.5 cm³/mol. The maximum Gasteiger partial charge on any atom is 0.201 e. The van der Waals surface area contributed by atoms with E-state index < -0.39 is 0 Å². The fourth-order valence-electron chi connectivity index (χ4n) is 1.99. The number of para-hydroxylation sites is 1. The van der Waals surface area contributed by atoms with Gasteiger partial charge in [0.2, 0.25) is 5.95 Å². The van der Waals surface area contributed by atoms with Crippen LogP contribution in [0.15, 0.2) is 18.2 Å². The highest BCUT2D eigenvalue weighted by Gasteiger charge is 2.20. The summed E-state index contributed by atoms with van der Waals surface area (Å²) < 4.78 is 2.28. The summed E-state index contributed by atoms with van der Waals surface area (Å²) in [6.45, 7) is 7.43. The molecule has 0 aliphatic heterocycles. The van der Waals surface area contributed by atoms with E-state index in [9.17, 15) is 0 Å². The third-order valence-electron chi connectivity index (χ3n) is 3.09. The number of aromatic nitrogens is 2. The Hall–Kier alpha value is -1.16. The minimum atomic E-state index is 0.157. The van der Waals surface area contributed by atoms with E-state index in [1.165, 1.54) is 5.56 Å².